The number of rotatable bonds is 6. The van der Waals surface area contributed by atoms with Gasteiger partial charge in [-0.25, -0.2) is 4.79 Å². The van der Waals surface area contributed by atoms with Gasteiger partial charge in [-0.2, -0.15) is 0 Å². The molecule has 2 N–H and O–H groups in total. The van der Waals surface area contributed by atoms with Crippen LogP contribution >= 0.6 is 0 Å². The number of carbonyl (C=O) groups is 2. The molecule has 2 aromatic rings. The topological polar surface area (TPSA) is 70.7 Å². The van der Waals surface area contributed by atoms with Crippen LogP contribution in [-0.4, -0.2) is 43.1 Å². The molecule has 31 heavy (non-hydrogen) atoms. The summed E-state index contributed by atoms with van der Waals surface area (Å²) in [6, 6.07) is 15.6. The predicted molar refractivity (Wildman–Crippen MR) is 122 cm³/mol. The smallest absolute Gasteiger partial charge is 0.315 e. The van der Waals surface area contributed by atoms with Gasteiger partial charge in [0.15, 0.2) is 0 Å². The zero-order valence-electron chi connectivity index (χ0n) is 18.9. The highest BCUT2D eigenvalue weighted by molar-refractivity contribution is 5.87. The molecule has 0 bridgehead atoms. The van der Waals surface area contributed by atoms with Crippen molar-refractivity contribution in [2.75, 3.05) is 20.2 Å². The van der Waals surface area contributed by atoms with Gasteiger partial charge in [-0.3, -0.25) is 4.79 Å². The molecule has 1 aliphatic rings. The fourth-order valence-electron chi connectivity index (χ4n) is 3.94. The first-order valence-corrected chi connectivity index (χ1v) is 10.8. The molecule has 0 radical (unpaired) electrons. The van der Waals surface area contributed by atoms with E-state index < -0.39 is 5.41 Å². The standard InChI is InChI=1S/C25H33N3O3/c1-18-6-5-7-20(16-18)25(2,3)23(29)28-14-12-21(13-15-28)27-24(30)26-17-19-8-10-22(31-4)11-9-19/h5-11,16,21H,12-15,17H2,1-4H3,(H2,26,27,30). The number of urea groups is 1. The predicted octanol–water partition coefficient (Wildman–Crippen LogP) is 3.77. The fourth-order valence-corrected chi connectivity index (χ4v) is 3.94. The minimum absolute atomic E-state index is 0.0713. The second-order valence-electron chi connectivity index (χ2n) is 8.74. The number of carbonyl (C=O) groups excluding carboxylic acids is 2. The van der Waals surface area contributed by atoms with Crippen molar-refractivity contribution in [2.45, 2.75) is 51.6 Å². The summed E-state index contributed by atoms with van der Waals surface area (Å²) >= 11 is 0. The Hall–Kier alpha value is -3.02. The Kier molecular flexibility index (Phi) is 7.21. The van der Waals surface area contributed by atoms with Gasteiger partial charge in [0.05, 0.1) is 12.5 Å². The number of methoxy groups -OCH3 is 1. The number of nitrogens with one attached hydrogen (secondary N) is 2. The normalized spacial score (nSPS) is 14.8. The molecule has 0 atom stereocenters. The van der Waals surface area contributed by atoms with Gasteiger partial charge in [0.2, 0.25) is 5.91 Å². The van der Waals surface area contributed by atoms with E-state index in [4.69, 9.17) is 4.74 Å². The number of aryl methyl sites for hydroxylation is 1. The van der Waals surface area contributed by atoms with Crippen molar-refractivity contribution in [3.8, 4) is 5.75 Å². The summed E-state index contributed by atoms with van der Waals surface area (Å²) in [6.07, 6.45) is 1.51. The molecule has 0 aliphatic carbocycles. The van der Waals surface area contributed by atoms with E-state index in [0.29, 0.717) is 19.6 Å². The van der Waals surface area contributed by atoms with Crippen LogP contribution in [0.5, 0.6) is 5.75 Å². The zero-order chi connectivity index (χ0) is 22.4. The minimum atomic E-state index is -0.567. The highest BCUT2D eigenvalue weighted by atomic mass is 16.5. The van der Waals surface area contributed by atoms with Gasteiger partial charge < -0.3 is 20.3 Å². The molecule has 0 saturated carbocycles. The number of hydrogen-bond donors (Lipinski definition) is 2. The van der Waals surface area contributed by atoms with Crippen LogP contribution in [0.2, 0.25) is 0 Å². The number of hydrogen-bond acceptors (Lipinski definition) is 3. The largest absolute Gasteiger partial charge is 0.497 e. The maximum atomic E-state index is 13.2. The fraction of sp³-hybridized carbons (Fsp3) is 0.440. The van der Waals surface area contributed by atoms with Crippen LogP contribution in [0.1, 0.15) is 43.4 Å². The molecule has 1 heterocycles. The van der Waals surface area contributed by atoms with Crippen molar-refractivity contribution >= 4 is 11.9 Å². The molecule has 3 rings (SSSR count). The quantitative estimate of drug-likeness (QED) is 0.743. The van der Waals surface area contributed by atoms with Crippen molar-refractivity contribution in [1.29, 1.82) is 0 Å². The van der Waals surface area contributed by atoms with Crippen molar-refractivity contribution in [3.63, 3.8) is 0 Å². The molecular weight excluding hydrogens is 390 g/mol. The average Bonchev–Trinajstić information content (AvgIpc) is 2.78. The third kappa shape index (κ3) is 5.78. The molecule has 0 unspecified atom stereocenters. The van der Waals surface area contributed by atoms with Gasteiger partial charge in [-0.1, -0.05) is 42.0 Å². The lowest BCUT2D eigenvalue weighted by Gasteiger charge is -2.37. The SMILES string of the molecule is COc1ccc(CNC(=O)NC2CCN(C(=O)C(C)(C)c3cccc(C)c3)CC2)cc1. The summed E-state index contributed by atoms with van der Waals surface area (Å²) in [5.74, 6) is 0.931. The monoisotopic (exact) mass is 423 g/mol. The Balaban J connectivity index is 1.46. The summed E-state index contributed by atoms with van der Waals surface area (Å²) in [5, 5.41) is 5.93. The first kappa shape index (κ1) is 22.7. The van der Waals surface area contributed by atoms with Crippen molar-refractivity contribution in [1.82, 2.24) is 15.5 Å². The van der Waals surface area contributed by atoms with Crippen LogP contribution in [0.3, 0.4) is 0 Å². The summed E-state index contributed by atoms with van der Waals surface area (Å²) in [4.78, 5) is 27.4. The summed E-state index contributed by atoms with van der Waals surface area (Å²) in [5.41, 5.74) is 2.63. The number of likely N-dealkylation sites (tertiary alicyclic amines) is 1. The number of amides is 3. The maximum Gasteiger partial charge on any atom is 0.315 e. The second-order valence-corrected chi connectivity index (χ2v) is 8.74. The third-order valence-corrected chi connectivity index (χ3v) is 6.00. The van der Waals surface area contributed by atoms with Crippen molar-refractivity contribution in [3.05, 3.63) is 65.2 Å². The van der Waals surface area contributed by atoms with Crippen LogP contribution in [-0.2, 0) is 16.8 Å². The third-order valence-electron chi connectivity index (χ3n) is 6.00. The van der Waals surface area contributed by atoms with E-state index in [2.05, 4.69) is 16.7 Å². The van der Waals surface area contributed by atoms with Gasteiger partial charge in [-0.05, 0) is 56.9 Å². The second kappa shape index (κ2) is 9.86. The van der Waals surface area contributed by atoms with E-state index in [9.17, 15) is 9.59 Å². The Bertz CT molecular complexity index is 900. The van der Waals surface area contributed by atoms with Gasteiger partial charge in [0.25, 0.3) is 0 Å². The zero-order valence-corrected chi connectivity index (χ0v) is 18.9. The van der Waals surface area contributed by atoms with Gasteiger partial charge in [0.1, 0.15) is 5.75 Å². The minimum Gasteiger partial charge on any atom is -0.497 e. The lowest BCUT2D eigenvalue weighted by Crippen LogP contribution is -2.52. The number of benzene rings is 2. The molecule has 0 aromatic heterocycles. The number of ether oxygens (including phenoxy) is 1. The van der Waals surface area contributed by atoms with Crippen molar-refractivity contribution < 1.29 is 14.3 Å². The van der Waals surface area contributed by atoms with E-state index in [-0.39, 0.29) is 18.0 Å². The number of piperidine rings is 1. The summed E-state index contributed by atoms with van der Waals surface area (Å²) < 4.78 is 5.14. The Morgan fingerprint density at radius 1 is 1.10 bits per heavy atom. The van der Waals surface area contributed by atoms with E-state index in [1.54, 1.807) is 7.11 Å². The van der Waals surface area contributed by atoms with Gasteiger partial charge in [-0.15, -0.1) is 0 Å². The van der Waals surface area contributed by atoms with E-state index >= 15 is 0 Å². The highest BCUT2D eigenvalue weighted by Crippen LogP contribution is 2.28. The molecule has 2 aromatic carbocycles. The summed E-state index contributed by atoms with van der Waals surface area (Å²) in [7, 11) is 1.63. The first-order chi connectivity index (χ1) is 14.8. The lowest BCUT2D eigenvalue weighted by molar-refractivity contribution is -0.137. The van der Waals surface area contributed by atoms with Gasteiger partial charge in [0, 0.05) is 25.7 Å². The average molecular weight is 424 g/mol. The molecule has 6 heteroatoms. The van der Waals surface area contributed by atoms with E-state index in [1.165, 1.54) is 0 Å². The van der Waals surface area contributed by atoms with Crippen LogP contribution in [0, 0.1) is 6.92 Å². The summed E-state index contributed by atoms with van der Waals surface area (Å²) in [6.45, 7) is 7.77. The molecule has 6 nitrogen and oxygen atoms in total. The molecule has 3 amide bonds. The Morgan fingerprint density at radius 2 is 1.77 bits per heavy atom. The van der Waals surface area contributed by atoms with Gasteiger partial charge >= 0.3 is 6.03 Å². The van der Waals surface area contributed by atoms with Crippen LogP contribution in [0.4, 0.5) is 4.79 Å². The Morgan fingerprint density at radius 3 is 2.39 bits per heavy atom. The molecule has 166 valence electrons. The Labute approximate surface area is 185 Å². The molecule has 1 fully saturated rings. The van der Waals surface area contributed by atoms with Crippen LogP contribution in [0.15, 0.2) is 48.5 Å². The molecule has 0 spiro atoms. The molecule has 1 aliphatic heterocycles. The van der Waals surface area contributed by atoms with Crippen LogP contribution < -0.4 is 15.4 Å². The van der Waals surface area contributed by atoms with Crippen LogP contribution in [0.25, 0.3) is 0 Å². The lowest BCUT2D eigenvalue weighted by atomic mass is 9.82. The van der Waals surface area contributed by atoms with Crippen molar-refractivity contribution in [2.24, 2.45) is 0 Å². The maximum absolute atomic E-state index is 13.2. The van der Waals surface area contributed by atoms with E-state index in [1.807, 2.05) is 68.1 Å². The van der Waals surface area contributed by atoms with E-state index in [0.717, 1.165) is 35.3 Å². The highest BCUT2D eigenvalue weighted by Gasteiger charge is 2.35. The molecular formula is C25H33N3O3. The molecule has 1 saturated heterocycles. The number of nitrogens with zero attached hydrogens (tertiary/aromatic N) is 1. The first-order valence-electron chi connectivity index (χ1n) is 10.8.